The molecule has 41 heavy (non-hydrogen) atoms. The van der Waals surface area contributed by atoms with Crippen LogP contribution in [-0.4, -0.2) is 56.3 Å². The van der Waals surface area contributed by atoms with E-state index in [1.165, 1.54) is 12.1 Å². The Hall–Kier alpha value is -4.59. The first-order chi connectivity index (χ1) is 19.8. The first-order valence-electron chi connectivity index (χ1n) is 12.9. The minimum atomic E-state index is -3.44. The van der Waals surface area contributed by atoms with Gasteiger partial charge in [-0.25, -0.2) is 32.5 Å². The lowest BCUT2D eigenvalue weighted by Gasteiger charge is -2.07. The van der Waals surface area contributed by atoms with Gasteiger partial charge in [-0.2, -0.15) is 5.10 Å². The maximum absolute atomic E-state index is 14.6. The molecule has 0 saturated carbocycles. The molecule has 5 aromatic heterocycles. The number of halogens is 1. The van der Waals surface area contributed by atoms with Crippen molar-refractivity contribution in [2.24, 2.45) is 0 Å². The van der Waals surface area contributed by atoms with Gasteiger partial charge < -0.3 is 10.3 Å². The third-order valence-electron chi connectivity index (χ3n) is 6.54. The van der Waals surface area contributed by atoms with Crippen molar-refractivity contribution in [3.63, 3.8) is 0 Å². The van der Waals surface area contributed by atoms with E-state index < -0.39 is 15.8 Å². The third kappa shape index (κ3) is 5.68. The summed E-state index contributed by atoms with van der Waals surface area (Å²) in [5, 5.41) is 11.5. The molecule has 11 nitrogen and oxygen atoms in total. The smallest absolute Gasteiger partial charge is 0.209 e. The standard InChI is InChI=1S/C28H26FN9O2S/c1-3-30-11-17-7-19(14-31-12-17)20-10-23-25(37-38-26(23)33-15-20)28-35-24-22(4-5-32-27(24)36-28)18-6-16(8-21(29)9-18)13-34-41(2,39)40/h4-10,12,14-15,30,34H,3,11,13H2,1-2H3,(H,32,35,36)(H,33,37,38). The van der Waals surface area contributed by atoms with Gasteiger partial charge in [-0.05, 0) is 59.6 Å². The van der Waals surface area contributed by atoms with Gasteiger partial charge in [0.25, 0.3) is 0 Å². The second-order valence-electron chi connectivity index (χ2n) is 9.64. The summed E-state index contributed by atoms with van der Waals surface area (Å²) in [6.45, 7) is 3.61. The number of sulfonamides is 1. The SMILES string of the molecule is CCNCc1cncc(-c2cnc3[nH]nc(-c4nc5c(-c6cc(F)cc(CNS(C)(=O)=O)c6)ccnc5[nH]4)c3c2)c1. The van der Waals surface area contributed by atoms with Gasteiger partial charge >= 0.3 is 0 Å². The first kappa shape index (κ1) is 26.6. The molecule has 0 aliphatic rings. The molecule has 0 saturated heterocycles. The number of H-pyrrole nitrogens is 2. The predicted molar refractivity (Wildman–Crippen MR) is 154 cm³/mol. The molecule has 1 aromatic carbocycles. The minimum Gasteiger partial charge on any atom is -0.321 e. The Kier molecular flexibility index (Phi) is 6.99. The maximum Gasteiger partial charge on any atom is 0.209 e. The van der Waals surface area contributed by atoms with E-state index in [1.54, 1.807) is 30.7 Å². The van der Waals surface area contributed by atoms with E-state index in [0.29, 0.717) is 45.0 Å². The zero-order valence-electron chi connectivity index (χ0n) is 22.2. The molecule has 0 atom stereocenters. The molecule has 0 amide bonds. The number of hydrogen-bond acceptors (Lipinski definition) is 8. The van der Waals surface area contributed by atoms with E-state index in [9.17, 15) is 12.8 Å². The lowest BCUT2D eigenvalue weighted by molar-refractivity contribution is 0.586. The highest BCUT2D eigenvalue weighted by atomic mass is 32.2. The second-order valence-corrected chi connectivity index (χ2v) is 11.5. The van der Waals surface area contributed by atoms with Crippen molar-refractivity contribution in [3.05, 3.63) is 78.1 Å². The lowest BCUT2D eigenvalue weighted by atomic mass is 10.0. The summed E-state index contributed by atoms with van der Waals surface area (Å²) in [7, 11) is -3.44. The summed E-state index contributed by atoms with van der Waals surface area (Å²) in [4.78, 5) is 21.4. The third-order valence-corrected chi connectivity index (χ3v) is 7.21. The molecule has 0 aliphatic heterocycles. The Morgan fingerprint density at radius 1 is 0.927 bits per heavy atom. The first-order valence-corrected chi connectivity index (χ1v) is 14.8. The number of nitrogens with one attached hydrogen (secondary N) is 4. The van der Waals surface area contributed by atoms with Gasteiger partial charge in [-0.1, -0.05) is 6.92 Å². The Morgan fingerprint density at radius 2 is 1.76 bits per heavy atom. The second kappa shape index (κ2) is 10.8. The Bertz CT molecular complexity index is 2000. The Labute approximate surface area is 234 Å². The number of fused-ring (bicyclic) bond motifs is 2. The van der Waals surface area contributed by atoms with Crippen LogP contribution in [0.1, 0.15) is 18.1 Å². The molecule has 0 unspecified atom stereocenters. The summed E-state index contributed by atoms with van der Waals surface area (Å²) >= 11 is 0. The quantitative estimate of drug-likeness (QED) is 0.204. The number of aromatic nitrogens is 7. The van der Waals surface area contributed by atoms with Crippen molar-refractivity contribution in [2.45, 2.75) is 20.0 Å². The number of imidazole rings is 1. The van der Waals surface area contributed by atoms with Crippen molar-refractivity contribution < 1.29 is 12.8 Å². The lowest BCUT2D eigenvalue weighted by Crippen LogP contribution is -2.21. The van der Waals surface area contributed by atoms with Gasteiger partial charge in [0.2, 0.25) is 10.0 Å². The fourth-order valence-electron chi connectivity index (χ4n) is 4.63. The van der Waals surface area contributed by atoms with Crippen LogP contribution >= 0.6 is 0 Å². The highest BCUT2D eigenvalue weighted by molar-refractivity contribution is 7.88. The van der Waals surface area contributed by atoms with Crippen LogP contribution in [0.15, 0.2) is 61.2 Å². The highest BCUT2D eigenvalue weighted by Crippen LogP contribution is 2.32. The molecular formula is C28H26FN9O2S. The van der Waals surface area contributed by atoms with Crippen LogP contribution in [0.2, 0.25) is 0 Å². The van der Waals surface area contributed by atoms with Crippen LogP contribution in [0, 0.1) is 5.82 Å². The molecule has 4 N–H and O–H groups in total. The number of pyridine rings is 3. The van der Waals surface area contributed by atoms with Crippen molar-refractivity contribution in [3.8, 4) is 33.8 Å². The summed E-state index contributed by atoms with van der Waals surface area (Å²) in [5.74, 6) is -0.0194. The van der Waals surface area contributed by atoms with Crippen molar-refractivity contribution in [1.82, 2.24) is 45.2 Å². The average Bonchev–Trinajstić information content (AvgIpc) is 3.58. The molecule has 0 bridgehead atoms. The fraction of sp³-hybridized carbons (Fsp3) is 0.179. The monoisotopic (exact) mass is 571 g/mol. The van der Waals surface area contributed by atoms with E-state index >= 15 is 0 Å². The van der Waals surface area contributed by atoms with Crippen LogP contribution in [0.5, 0.6) is 0 Å². The highest BCUT2D eigenvalue weighted by Gasteiger charge is 2.18. The molecule has 6 rings (SSSR count). The van der Waals surface area contributed by atoms with Gasteiger partial charge in [-0.3, -0.25) is 10.1 Å². The van der Waals surface area contributed by atoms with Gasteiger partial charge in [-0.15, -0.1) is 0 Å². The maximum atomic E-state index is 14.6. The van der Waals surface area contributed by atoms with Crippen LogP contribution in [0.25, 0.3) is 56.0 Å². The van der Waals surface area contributed by atoms with E-state index in [1.807, 2.05) is 12.3 Å². The number of aromatic amines is 2. The molecule has 13 heteroatoms. The molecule has 0 aliphatic carbocycles. The normalized spacial score (nSPS) is 12.0. The van der Waals surface area contributed by atoms with Crippen molar-refractivity contribution in [2.75, 3.05) is 12.8 Å². The molecular weight excluding hydrogens is 545 g/mol. The summed E-state index contributed by atoms with van der Waals surface area (Å²) in [6, 6.07) is 10.2. The van der Waals surface area contributed by atoms with Gasteiger partial charge in [0.15, 0.2) is 17.1 Å². The number of nitrogens with zero attached hydrogens (tertiary/aromatic N) is 5. The Morgan fingerprint density at radius 3 is 2.59 bits per heavy atom. The zero-order chi connectivity index (χ0) is 28.6. The minimum absolute atomic E-state index is 0.0359. The largest absolute Gasteiger partial charge is 0.321 e. The van der Waals surface area contributed by atoms with Gasteiger partial charge in [0.1, 0.15) is 17.0 Å². The molecule has 0 fully saturated rings. The predicted octanol–water partition coefficient (Wildman–Crippen LogP) is 3.92. The summed E-state index contributed by atoms with van der Waals surface area (Å²) in [5.41, 5.74) is 6.73. The van der Waals surface area contributed by atoms with Crippen LogP contribution in [0.3, 0.4) is 0 Å². The number of hydrogen-bond donors (Lipinski definition) is 4. The zero-order valence-corrected chi connectivity index (χ0v) is 23.1. The van der Waals surface area contributed by atoms with E-state index in [0.717, 1.165) is 41.4 Å². The summed E-state index contributed by atoms with van der Waals surface area (Å²) < 4.78 is 40.0. The van der Waals surface area contributed by atoms with Crippen molar-refractivity contribution >= 4 is 32.2 Å². The molecule has 6 aromatic rings. The molecule has 0 spiro atoms. The van der Waals surface area contributed by atoms with Crippen LogP contribution in [0.4, 0.5) is 4.39 Å². The van der Waals surface area contributed by atoms with Gasteiger partial charge in [0.05, 0.1) is 11.6 Å². The topological polar surface area (TPSA) is 154 Å². The average molecular weight is 572 g/mol. The van der Waals surface area contributed by atoms with E-state index in [2.05, 4.69) is 53.2 Å². The van der Waals surface area contributed by atoms with E-state index in [4.69, 9.17) is 4.98 Å². The molecule has 5 heterocycles. The van der Waals surface area contributed by atoms with Crippen molar-refractivity contribution in [1.29, 1.82) is 0 Å². The number of benzene rings is 1. The van der Waals surface area contributed by atoms with Crippen LogP contribution < -0.4 is 10.0 Å². The fourth-order valence-corrected chi connectivity index (χ4v) is 5.06. The Balaban J connectivity index is 1.39. The van der Waals surface area contributed by atoms with Gasteiger partial charge in [0, 0.05) is 54.6 Å². The van der Waals surface area contributed by atoms with E-state index in [-0.39, 0.29) is 6.54 Å². The molecule has 208 valence electrons. The molecule has 0 radical (unpaired) electrons. The van der Waals surface area contributed by atoms with Crippen LogP contribution in [-0.2, 0) is 23.1 Å². The summed E-state index contributed by atoms with van der Waals surface area (Å²) in [6.07, 6.45) is 8.07. The number of rotatable bonds is 9.